The topological polar surface area (TPSA) is 62.3 Å². The lowest BCUT2D eigenvalue weighted by atomic mass is 9.89. The van der Waals surface area contributed by atoms with Gasteiger partial charge < -0.3 is 10.2 Å². The zero-order chi connectivity index (χ0) is 15.2. The van der Waals surface area contributed by atoms with E-state index in [1.54, 1.807) is 24.2 Å². The van der Waals surface area contributed by atoms with Crippen molar-refractivity contribution in [3.05, 3.63) is 29.6 Å². The van der Waals surface area contributed by atoms with Gasteiger partial charge in [-0.25, -0.2) is 0 Å². The number of carbonyl (C=O) groups excluding carboxylic acids is 2. The molecule has 1 N–H and O–H groups in total. The molecule has 2 unspecified atom stereocenters. The molecule has 5 heteroatoms. The van der Waals surface area contributed by atoms with Gasteiger partial charge in [0, 0.05) is 18.9 Å². The summed E-state index contributed by atoms with van der Waals surface area (Å²) in [7, 11) is 0. The van der Waals surface area contributed by atoms with Crippen molar-refractivity contribution in [2.45, 2.75) is 51.7 Å². The summed E-state index contributed by atoms with van der Waals surface area (Å²) in [5.74, 6) is 0.241. The zero-order valence-electron chi connectivity index (χ0n) is 12.7. The molecule has 2 atom stereocenters. The van der Waals surface area contributed by atoms with E-state index in [4.69, 9.17) is 0 Å². The van der Waals surface area contributed by atoms with Crippen molar-refractivity contribution >= 4 is 11.8 Å². The average molecular weight is 287 g/mol. The van der Waals surface area contributed by atoms with Crippen LogP contribution in [0.2, 0.25) is 0 Å². The molecule has 0 spiro atoms. The number of hydrogen-bond acceptors (Lipinski definition) is 3. The number of carbonyl (C=O) groups is 2. The summed E-state index contributed by atoms with van der Waals surface area (Å²) >= 11 is 0. The largest absolute Gasteiger partial charge is 0.340 e. The van der Waals surface area contributed by atoms with Gasteiger partial charge in [0.2, 0.25) is 11.8 Å². The van der Waals surface area contributed by atoms with Crippen LogP contribution < -0.4 is 5.32 Å². The number of nitrogens with one attached hydrogen (secondary N) is 1. The molecule has 2 heterocycles. The van der Waals surface area contributed by atoms with Crippen LogP contribution >= 0.6 is 0 Å². The molecule has 0 aromatic carbocycles. The van der Waals surface area contributed by atoms with E-state index in [-0.39, 0.29) is 17.7 Å². The Balaban J connectivity index is 1.90. The third kappa shape index (κ3) is 2.30. The number of rotatable bonds is 3. The van der Waals surface area contributed by atoms with Crippen molar-refractivity contribution < 1.29 is 9.59 Å². The number of piperazine rings is 1. The third-order valence-electron chi connectivity index (χ3n) is 4.82. The first-order valence-corrected chi connectivity index (χ1v) is 7.46. The maximum atomic E-state index is 12.9. The molecule has 2 fully saturated rings. The summed E-state index contributed by atoms with van der Waals surface area (Å²) in [6.07, 6.45) is 5.53. The van der Waals surface area contributed by atoms with Gasteiger partial charge in [-0.3, -0.25) is 14.6 Å². The molecule has 0 bridgehead atoms. The zero-order valence-corrected chi connectivity index (χ0v) is 12.7. The number of aryl methyl sites for hydroxylation is 1. The SMILES string of the molecule is Cc1ccncc1CN1C(=O)C(C)(C2CC2)NC(=O)C1C. The highest BCUT2D eigenvalue weighted by atomic mass is 16.2. The fourth-order valence-corrected chi connectivity index (χ4v) is 3.02. The van der Waals surface area contributed by atoms with Crippen molar-refractivity contribution in [2.24, 2.45) is 5.92 Å². The molecule has 1 saturated heterocycles. The van der Waals surface area contributed by atoms with Crippen molar-refractivity contribution in [1.29, 1.82) is 0 Å². The van der Waals surface area contributed by atoms with E-state index in [1.807, 2.05) is 19.9 Å². The second kappa shape index (κ2) is 4.83. The minimum atomic E-state index is -0.736. The van der Waals surface area contributed by atoms with Gasteiger partial charge in [-0.05, 0) is 56.7 Å². The van der Waals surface area contributed by atoms with Gasteiger partial charge in [0.15, 0.2) is 0 Å². The number of hydrogen-bond donors (Lipinski definition) is 1. The summed E-state index contributed by atoms with van der Waals surface area (Å²) in [5, 5.41) is 2.94. The molecule has 2 aliphatic rings. The van der Waals surface area contributed by atoms with Gasteiger partial charge >= 0.3 is 0 Å². The molecule has 1 aromatic rings. The Kier molecular flexibility index (Phi) is 3.23. The Bertz CT molecular complexity index is 597. The predicted molar refractivity (Wildman–Crippen MR) is 78.3 cm³/mol. The van der Waals surface area contributed by atoms with E-state index in [9.17, 15) is 9.59 Å². The Hall–Kier alpha value is -1.91. The monoisotopic (exact) mass is 287 g/mol. The Labute approximate surface area is 124 Å². The lowest BCUT2D eigenvalue weighted by Gasteiger charge is -2.43. The maximum Gasteiger partial charge on any atom is 0.249 e. The number of nitrogens with zero attached hydrogens (tertiary/aromatic N) is 2. The molecule has 21 heavy (non-hydrogen) atoms. The van der Waals surface area contributed by atoms with Crippen molar-refractivity contribution in [3.63, 3.8) is 0 Å². The second-order valence-corrected chi connectivity index (χ2v) is 6.38. The van der Waals surface area contributed by atoms with E-state index in [2.05, 4.69) is 10.3 Å². The molecular weight excluding hydrogens is 266 g/mol. The Morgan fingerprint density at radius 2 is 2.14 bits per heavy atom. The minimum absolute atomic E-state index is 0.0281. The highest BCUT2D eigenvalue weighted by Crippen LogP contribution is 2.42. The minimum Gasteiger partial charge on any atom is -0.340 e. The third-order valence-corrected chi connectivity index (χ3v) is 4.82. The van der Waals surface area contributed by atoms with Crippen LogP contribution in [0.5, 0.6) is 0 Å². The van der Waals surface area contributed by atoms with E-state index in [1.165, 1.54) is 0 Å². The second-order valence-electron chi connectivity index (χ2n) is 6.38. The summed E-state index contributed by atoms with van der Waals surface area (Å²) < 4.78 is 0. The molecule has 3 rings (SSSR count). The highest BCUT2D eigenvalue weighted by Gasteiger charge is 2.54. The number of aromatic nitrogens is 1. The normalized spacial score (nSPS) is 29.5. The van der Waals surface area contributed by atoms with Gasteiger partial charge in [-0.1, -0.05) is 0 Å². The van der Waals surface area contributed by atoms with Gasteiger partial charge in [0.05, 0.1) is 0 Å². The first-order valence-electron chi connectivity index (χ1n) is 7.46. The van der Waals surface area contributed by atoms with Crippen LogP contribution in [0.3, 0.4) is 0 Å². The summed E-state index contributed by atoms with van der Waals surface area (Å²) in [4.78, 5) is 31.0. The molecule has 1 aromatic heterocycles. The van der Waals surface area contributed by atoms with E-state index in [0.29, 0.717) is 6.54 Å². The fraction of sp³-hybridized carbons (Fsp3) is 0.562. The molecule has 1 aliphatic carbocycles. The van der Waals surface area contributed by atoms with Crippen LogP contribution in [0.1, 0.15) is 37.8 Å². The van der Waals surface area contributed by atoms with Crippen LogP contribution in [-0.2, 0) is 16.1 Å². The Morgan fingerprint density at radius 1 is 1.43 bits per heavy atom. The summed E-state index contributed by atoms with van der Waals surface area (Å²) in [6, 6.07) is 1.48. The summed E-state index contributed by atoms with van der Waals surface area (Å²) in [5.41, 5.74) is 1.34. The van der Waals surface area contributed by atoms with Gasteiger partial charge in [0.25, 0.3) is 0 Å². The van der Waals surface area contributed by atoms with Gasteiger partial charge in [0.1, 0.15) is 11.6 Å². The molecule has 1 saturated carbocycles. The van der Waals surface area contributed by atoms with E-state index >= 15 is 0 Å². The smallest absolute Gasteiger partial charge is 0.249 e. The highest BCUT2D eigenvalue weighted by molar-refractivity contribution is 5.99. The van der Waals surface area contributed by atoms with Crippen LogP contribution in [0.15, 0.2) is 18.5 Å². The van der Waals surface area contributed by atoms with Crippen LogP contribution in [0.4, 0.5) is 0 Å². The molecular formula is C16H21N3O2. The molecule has 2 amide bonds. The average Bonchev–Trinajstić information content (AvgIpc) is 3.28. The van der Waals surface area contributed by atoms with E-state index in [0.717, 1.165) is 24.0 Å². The van der Waals surface area contributed by atoms with E-state index < -0.39 is 11.6 Å². The lowest BCUT2D eigenvalue weighted by molar-refractivity contribution is -0.155. The maximum absolute atomic E-state index is 12.9. The first kappa shape index (κ1) is 14.0. The quantitative estimate of drug-likeness (QED) is 0.914. The van der Waals surface area contributed by atoms with Crippen molar-refractivity contribution in [1.82, 2.24) is 15.2 Å². The molecule has 5 nitrogen and oxygen atoms in total. The van der Waals surface area contributed by atoms with Crippen LogP contribution in [0, 0.1) is 12.8 Å². The molecule has 0 radical (unpaired) electrons. The number of pyridine rings is 1. The van der Waals surface area contributed by atoms with Crippen LogP contribution in [-0.4, -0.2) is 33.3 Å². The molecule has 112 valence electrons. The van der Waals surface area contributed by atoms with Crippen LogP contribution in [0.25, 0.3) is 0 Å². The Morgan fingerprint density at radius 3 is 2.76 bits per heavy atom. The van der Waals surface area contributed by atoms with Gasteiger partial charge in [-0.2, -0.15) is 0 Å². The predicted octanol–water partition coefficient (Wildman–Crippen LogP) is 1.41. The standard InChI is InChI=1S/C16H21N3O2/c1-10-6-7-17-8-12(10)9-19-11(2)14(20)18-16(3,15(19)21)13-4-5-13/h6-8,11,13H,4-5,9H2,1-3H3,(H,18,20). The van der Waals surface area contributed by atoms with Crippen molar-refractivity contribution in [2.75, 3.05) is 0 Å². The lowest BCUT2D eigenvalue weighted by Crippen LogP contribution is -2.69. The number of amides is 2. The first-order chi connectivity index (χ1) is 9.93. The van der Waals surface area contributed by atoms with Crippen molar-refractivity contribution in [3.8, 4) is 0 Å². The molecule has 1 aliphatic heterocycles. The fourth-order valence-electron chi connectivity index (χ4n) is 3.02. The summed E-state index contributed by atoms with van der Waals surface area (Å²) in [6.45, 7) is 6.08. The van der Waals surface area contributed by atoms with Gasteiger partial charge in [-0.15, -0.1) is 0 Å².